The monoisotopic (exact) mass is 178 g/mol. The Kier molecular flexibility index (Phi) is 2.54. The van der Waals surface area contributed by atoms with Gasteiger partial charge in [-0.1, -0.05) is 0 Å². The number of rotatable bonds is 2. The van der Waals surface area contributed by atoms with E-state index < -0.39 is 15.9 Å². The lowest BCUT2D eigenvalue weighted by molar-refractivity contribution is 0.182. The van der Waals surface area contributed by atoms with E-state index in [1.54, 1.807) is 6.92 Å². The van der Waals surface area contributed by atoms with Crippen LogP contribution >= 0.6 is 0 Å². The highest BCUT2D eigenvalue weighted by Crippen LogP contribution is 2.23. The number of sulfone groups is 1. The Morgan fingerprint density at radius 2 is 2.27 bits per heavy atom. The second kappa shape index (κ2) is 3.11. The molecule has 1 aliphatic rings. The van der Waals surface area contributed by atoms with Gasteiger partial charge in [-0.15, -0.1) is 0 Å². The molecule has 0 radical (unpaired) electrons. The highest BCUT2D eigenvalue weighted by Gasteiger charge is 2.31. The average Bonchev–Trinajstić information content (AvgIpc) is 2.10. The Morgan fingerprint density at radius 3 is 2.64 bits per heavy atom. The Balaban J connectivity index is 2.59. The summed E-state index contributed by atoms with van der Waals surface area (Å²) < 4.78 is 22.4. The zero-order valence-electron chi connectivity index (χ0n) is 6.66. The number of hydrogen-bond donors (Lipinski definition) is 1. The summed E-state index contributed by atoms with van der Waals surface area (Å²) in [6, 6.07) is 0. The zero-order chi connectivity index (χ0) is 8.48. The van der Waals surface area contributed by atoms with Crippen LogP contribution in [0.15, 0.2) is 0 Å². The van der Waals surface area contributed by atoms with Gasteiger partial charge in [-0.3, -0.25) is 0 Å². The quantitative estimate of drug-likeness (QED) is 0.663. The first-order chi connectivity index (χ1) is 5.02. The van der Waals surface area contributed by atoms with Gasteiger partial charge in [0, 0.05) is 0 Å². The number of hydrogen-bond acceptors (Lipinski definition) is 3. The summed E-state index contributed by atoms with van der Waals surface area (Å²) >= 11 is 0. The third-order valence-electron chi connectivity index (χ3n) is 2.07. The number of aliphatic hydroxyl groups excluding tert-OH is 1. The lowest BCUT2D eigenvalue weighted by atomic mass is 10.1. The molecule has 0 aromatic heterocycles. The van der Waals surface area contributed by atoms with Crippen molar-refractivity contribution in [3.8, 4) is 0 Å². The molecule has 1 N–H and O–H groups in total. The minimum absolute atomic E-state index is 0.275. The van der Waals surface area contributed by atoms with Crippen LogP contribution in [0, 0.1) is 0 Å². The third-order valence-corrected chi connectivity index (χ3v) is 4.37. The molecule has 0 bridgehead atoms. The van der Waals surface area contributed by atoms with Crippen LogP contribution in [0.25, 0.3) is 0 Å². The summed E-state index contributed by atoms with van der Waals surface area (Å²) in [5.41, 5.74) is 0. The molecule has 11 heavy (non-hydrogen) atoms. The molecule has 2 atom stereocenters. The van der Waals surface area contributed by atoms with Crippen LogP contribution in [0.3, 0.4) is 0 Å². The molecule has 3 nitrogen and oxygen atoms in total. The van der Waals surface area contributed by atoms with Gasteiger partial charge in [-0.05, 0) is 26.2 Å². The summed E-state index contributed by atoms with van der Waals surface area (Å²) in [6.45, 7) is 1.63. The van der Waals surface area contributed by atoms with Gasteiger partial charge in [0.25, 0.3) is 0 Å². The largest absolute Gasteiger partial charge is 0.393 e. The molecule has 0 saturated carbocycles. The van der Waals surface area contributed by atoms with Gasteiger partial charge in [0.2, 0.25) is 0 Å². The average molecular weight is 178 g/mol. The lowest BCUT2D eigenvalue weighted by Crippen LogP contribution is -2.20. The Hall–Kier alpha value is -0.0900. The second-order valence-corrected chi connectivity index (χ2v) is 5.62. The van der Waals surface area contributed by atoms with Crippen molar-refractivity contribution in [3.63, 3.8) is 0 Å². The van der Waals surface area contributed by atoms with Crippen molar-refractivity contribution in [2.75, 3.05) is 5.75 Å². The van der Waals surface area contributed by atoms with E-state index in [1.807, 2.05) is 0 Å². The van der Waals surface area contributed by atoms with Crippen LogP contribution in [0.1, 0.15) is 26.2 Å². The maximum atomic E-state index is 11.2. The molecular formula is C7H14O3S. The molecule has 0 aliphatic carbocycles. The maximum absolute atomic E-state index is 11.2. The van der Waals surface area contributed by atoms with Crippen molar-refractivity contribution in [1.29, 1.82) is 0 Å². The summed E-state index contributed by atoms with van der Waals surface area (Å²) in [5, 5.41) is 8.71. The predicted molar refractivity (Wildman–Crippen MR) is 43.1 cm³/mol. The molecule has 1 aliphatic heterocycles. The smallest absolute Gasteiger partial charge is 0.153 e. The minimum atomic E-state index is -2.84. The zero-order valence-corrected chi connectivity index (χ0v) is 7.47. The molecule has 1 fully saturated rings. The van der Waals surface area contributed by atoms with Crippen molar-refractivity contribution in [3.05, 3.63) is 0 Å². The fourth-order valence-electron chi connectivity index (χ4n) is 1.50. The van der Waals surface area contributed by atoms with Crippen LogP contribution in [-0.4, -0.2) is 30.6 Å². The Labute approximate surface area is 67.3 Å². The van der Waals surface area contributed by atoms with Gasteiger partial charge in [0.15, 0.2) is 9.84 Å². The first kappa shape index (κ1) is 9.00. The Morgan fingerprint density at radius 1 is 1.64 bits per heavy atom. The number of aliphatic hydroxyl groups is 1. The van der Waals surface area contributed by atoms with Crippen LogP contribution in [0.4, 0.5) is 0 Å². The predicted octanol–water partition coefficient (Wildman–Crippen LogP) is 0.335. The summed E-state index contributed by atoms with van der Waals surface area (Å²) in [7, 11) is -2.84. The van der Waals surface area contributed by atoms with Crippen molar-refractivity contribution < 1.29 is 13.5 Å². The summed E-state index contributed by atoms with van der Waals surface area (Å²) in [5.74, 6) is 0.310. The fourth-order valence-corrected chi connectivity index (χ4v) is 3.50. The van der Waals surface area contributed by atoms with Gasteiger partial charge >= 0.3 is 0 Å². The van der Waals surface area contributed by atoms with Gasteiger partial charge in [0.1, 0.15) is 0 Å². The normalized spacial score (nSPS) is 32.0. The maximum Gasteiger partial charge on any atom is 0.153 e. The van der Waals surface area contributed by atoms with Crippen LogP contribution in [-0.2, 0) is 9.84 Å². The topological polar surface area (TPSA) is 54.4 Å². The molecule has 1 rings (SSSR count). The van der Waals surface area contributed by atoms with Crippen LogP contribution in [0.2, 0.25) is 0 Å². The van der Waals surface area contributed by atoms with Crippen LogP contribution < -0.4 is 0 Å². The van der Waals surface area contributed by atoms with E-state index in [2.05, 4.69) is 0 Å². The first-order valence-electron chi connectivity index (χ1n) is 3.92. The van der Waals surface area contributed by atoms with E-state index in [0.717, 1.165) is 12.8 Å². The second-order valence-electron chi connectivity index (χ2n) is 3.22. The third kappa shape index (κ3) is 2.17. The SMILES string of the molecule is CC(O)CC1CCCS1(=O)=O. The van der Waals surface area contributed by atoms with Crippen molar-refractivity contribution in [2.45, 2.75) is 37.5 Å². The van der Waals surface area contributed by atoms with E-state index >= 15 is 0 Å². The molecule has 0 aromatic rings. The van der Waals surface area contributed by atoms with Crippen molar-refractivity contribution in [2.24, 2.45) is 0 Å². The van der Waals surface area contributed by atoms with E-state index in [-0.39, 0.29) is 5.25 Å². The highest BCUT2D eigenvalue weighted by molar-refractivity contribution is 7.92. The molecule has 66 valence electrons. The van der Waals surface area contributed by atoms with E-state index in [0.29, 0.717) is 12.2 Å². The fraction of sp³-hybridized carbons (Fsp3) is 1.00. The van der Waals surface area contributed by atoms with Crippen LogP contribution in [0.5, 0.6) is 0 Å². The van der Waals surface area contributed by atoms with Crippen molar-refractivity contribution >= 4 is 9.84 Å². The summed E-state index contributed by atoms with van der Waals surface area (Å²) in [4.78, 5) is 0. The molecular weight excluding hydrogens is 164 g/mol. The molecule has 1 heterocycles. The minimum Gasteiger partial charge on any atom is -0.393 e. The van der Waals surface area contributed by atoms with Gasteiger partial charge in [0.05, 0.1) is 17.1 Å². The molecule has 4 heteroatoms. The highest BCUT2D eigenvalue weighted by atomic mass is 32.2. The first-order valence-corrected chi connectivity index (χ1v) is 5.63. The lowest BCUT2D eigenvalue weighted by Gasteiger charge is -2.10. The molecule has 1 saturated heterocycles. The molecule has 2 unspecified atom stereocenters. The standard InChI is InChI=1S/C7H14O3S/c1-6(8)5-7-3-2-4-11(7,9)10/h6-8H,2-5H2,1H3. The molecule has 0 aromatic carbocycles. The molecule has 0 amide bonds. The van der Waals surface area contributed by atoms with Gasteiger partial charge in [-0.25, -0.2) is 8.42 Å². The van der Waals surface area contributed by atoms with Gasteiger partial charge < -0.3 is 5.11 Å². The van der Waals surface area contributed by atoms with E-state index in [1.165, 1.54) is 0 Å². The van der Waals surface area contributed by atoms with Crippen molar-refractivity contribution in [1.82, 2.24) is 0 Å². The molecule has 0 spiro atoms. The van der Waals surface area contributed by atoms with E-state index in [9.17, 15) is 8.42 Å². The Bertz CT molecular complexity index is 218. The van der Waals surface area contributed by atoms with Gasteiger partial charge in [-0.2, -0.15) is 0 Å². The summed E-state index contributed by atoms with van der Waals surface area (Å²) in [6.07, 6.45) is 1.41. The van der Waals surface area contributed by atoms with E-state index in [4.69, 9.17) is 5.11 Å².